The third-order valence-corrected chi connectivity index (χ3v) is 4.42. The Morgan fingerprint density at radius 1 is 1.14 bits per heavy atom. The maximum atomic E-state index is 12.6. The lowest BCUT2D eigenvalue weighted by atomic mass is 10.1. The Balaban J connectivity index is 1.54. The third-order valence-electron chi connectivity index (χ3n) is 4.42. The quantitative estimate of drug-likeness (QED) is 0.890. The summed E-state index contributed by atoms with van der Waals surface area (Å²) < 4.78 is 0. The van der Waals surface area contributed by atoms with Crippen LogP contribution in [0.3, 0.4) is 0 Å². The molecule has 1 amide bonds. The molecule has 114 valence electrons. The molecule has 0 saturated carbocycles. The fourth-order valence-electron chi connectivity index (χ4n) is 3.16. The van der Waals surface area contributed by atoms with Crippen molar-refractivity contribution in [3.05, 3.63) is 24.4 Å². The summed E-state index contributed by atoms with van der Waals surface area (Å²) in [5, 5.41) is 3.40. The van der Waals surface area contributed by atoms with E-state index >= 15 is 0 Å². The van der Waals surface area contributed by atoms with E-state index in [1.165, 1.54) is 12.8 Å². The van der Waals surface area contributed by atoms with Crippen molar-refractivity contribution < 1.29 is 4.79 Å². The molecule has 3 heterocycles. The van der Waals surface area contributed by atoms with Gasteiger partial charge in [0.2, 0.25) is 5.91 Å². The number of rotatable bonds is 2. The van der Waals surface area contributed by atoms with Crippen LogP contribution >= 0.6 is 0 Å². The number of hydrogen-bond donors (Lipinski definition) is 1. The number of nitrogens with zero attached hydrogens (tertiary/aromatic N) is 3. The van der Waals surface area contributed by atoms with Crippen molar-refractivity contribution in [2.75, 3.05) is 37.6 Å². The summed E-state index contributed by atoms with van der Waals surface area (Å²) in [6.07, 6.45) is 6.40. The molecule has 0 aliphatic carbocycles. The first kappa shape index (κ1) is 14.3. The Hall–Kier alpha value is -1.62. The highest BCUT2D eigenvalue weighted by Crippen LogP contribution is 2.15. The van der Waals surface area contributed by atoms with E-state index in [-0.39, 0.29) is 11.9 Å². The summed E-state index contributed by atoms with van der Waals surface area (Å²) in [4.78, 5) is 21.2. The molecule has 2 fully saturated rings. The molecule has 5 heteroatoms. The van der Waals surface area contributed by atoms with Gasteiger partial charge in [0, 0.05) is 32.4 Å². The van der Waals surface area contributed by atoms with Crippen molar-refractivity contribution in [2.45, 2.75) is 31.7 Å². The van der Waals surface area contributed by atoms with Crippen LogP contribution in [0.4, 0.5) is 5.82 Å². The number of aromatic nitrogens is 1. The van der Waals surface area contributed by atoms with Gasteiger partial charge in [-0.25, -0.2) is 4.98 Å². The first-order valence-electron chi connectivity index (χ1n) is 8.03. The zero-order valence-electron chi connectivity index (χ0n) is 12.5. The second-order valence-corrected chi connectivity index (χ2v) is 5.86. The van der Waals surface area contributed by atoms with E-state index in [2.05, 4.69) is 15.2 Å². The first-order chi connectivity index (χ1) is 10.3. The SMILES string of the molecule is O=C(C1CCCCCN1)N1CCN(c2ccccn2)CC1. The molecule has 0 spiro atoms. The molecule has 1 aromatic heterocycles. The van der Waals surface area contributed by atoms with E-state index in [0.717, 1.165) is 51.4 Å². The van der Waals surface area contributed by atoms with Crippen LogP contribution in [-0.2, 0) is 4.79 Å². The smallest absolute Gasteiger partial charge is 0.239 e. The Morgan fingerprint density at radius 3 is 2.76 bits per heavy atom. The number of pyridine rings is 1. The second-order valence-electron chi connectivity index (χ2n) is 5.86. The third kappa shape index (κ3) is 3.53. The van der Waals surface area contributed by atoms with Gasteiger partial charge < -0.3 is 15.1 Å². The molecule has 5 nitrogen and oxygen atoms in total. The zero-order valence-corrected chi connectivity index (χ0v) is 12.5. The van der Waals surface area contributed by atoms with Crippen LogP contribution in [0, 0.1) is 0 Å². The van der Waals surface area contributed by atoms with Crippen LogP contribution in [0.15, 0.2) is 24.4 Å². The molecule has 1 atom stereocenters. The molecule has 21 heavy (non-hydrogen) atoms. The lowest BCUT2D eigenvalue weighted by molar-refractivity contribution is -0.133. The van der Waals surface area contributed by atoms with E-state index in [1.54, 1.807) is 0 Å². The molecule has 0 bridgehead atoms. The molecular weight excluding hydrogens is 264 g/mol. The topological polar surface area (TPSA) is 48.5 Å². The van der Waals surface area contributed by atoms with Crippen LogP contribution in [0.5, 0.6) is 0 Å². The molecule has 1 N–H and O–H groups in total. The highest BCUT2D eigenvalue weighted by molar-refractivity contribution is 5.82. The summed E-state index contributed by atoms with van der Waals surface area (Å²) in [5.41, 5.74) is 0. The number of amides is 1. The minimum Gasteiger partial charge on any atom is -0.353 e. The minimum absolute atomic E-state index is 0.0360. The Kier molecular flexibility index (Phi) is 4.70. The fourth-order valence-corrected chi connectivity index (χ4v) is 3.16. The van der Waals surface area contributed by atoms with Gasteiger partial charge in [-0.05, 0) is 31.5 Å². The van der Waals surface area contributed by atoms with Gasteiger partial charge in [0.15, 0.2) is 0 Å². The number of hydrogen-bond acceptors (Lipinski definition) is 4. The van der Waals surface area contributed by atoms with Crippen molar-refractivity contribution in [3.63, 3.8) is 0 Å². The summed E-state index contributed by atoms with van der Waals surface area (Å²) >= 11 is 0. The van der Waals surface area contributed by atoms with E-state index in [0.29, 0.717) is 0 Å². The van der Waals surface area contributed by atoms with Gasteiger partial charge in [0.1, 0.15) is 5.82 Å². The second kappa shape index (κ2) is 6.89. The fraction of sp³-hybridized carbons (Fsp3) is 0.625. The van der Waals surface area contributed by atoms with Crippen LogP contribution < -0.4 is 10.2 Å². The van der Waals surface area contributed by atoms with Gasteiger partial charge >= 0.3 is 0 Å². The molecule has 0 aromatic carbocycles. The highest BCUT2D eigenvalue weighted by atomic mass is 16.2. The largest absolute Gasteiger partial charge is 0.353 e. The molecule has 1 unspecified atom stereocenters. The lowest BCUT2D eigenvalue weighted by Gasteiger charge is -2.37. The summed E-state index contributed by atoms with van der Waals surface area (Å²) in [6, 6.07) is 6.01. The van der Waals surface area contributed by atoms with Crippen LogP contribution in [0.25, 0.3) is 0 Å². The minimum atomic E-state index is 0.0360. The Bertz CT molecular complexity index is 449. The van der Waals surface area contributed by atoms with Crippen LogP contribution in [-0.4, -0.2) is 54.6 Å². The molecule has 3 rings (SSSR count). The average molecular weight is 288 g/mol. The molecule has 2 saturated heterocycles. The van der Waals surface area contributed by atoms with Gasteiger partial charge in [0.05, 0.1) is 6.04 Å². The van der Waals surface area contributed by atoms with Crippen molar-refractivity contribution >= 4 is 11.7 Å². The van der Waals surface area contributed by atoms with Crippen LogP contribution in [0.1, 0.15) is 25.7 Å². The first-order valence-corrected chi connectivity index (χ1v) is 8.03. The Morgan fingerprint density at radius 2 is 2.00 bits per heavy atom. The van der Waals surface area contributed by atoms with E-state index in [9.17, 15) is 4.79 Å². The maximum Gasteiger partial charge on any atom is 0.239 e. The predicted molar refractivity (Wildman–Crippen MR) is 83.3 cm³/mol. The molecule has 2 aliphatic rings. The van der Waals surface area contributed by atoms with Crippen molar-refractivity contribution in [2.24, 2.45) is 0 Å². The van der Waals surface area contributed by atoms with Gasteiger partial charge in [-0.2, -0.15) is 0 Å². The molecule has 2 aliphatic heterocycles. The van der Waals surface area contributed by atoms with Gasteiger partial charge in [-0.1, -0.05) is 18.9 Å². The lowest BCUT2D eigenvalue weighted by Crippen LogP contribution is -2.54. The zero-order chi connectivity index (χ0) is 14.5. The van der Waals surface area contributed by atoms with Crippen molar-refractivity contribution in [3.8, 4) is 0 Å². The predicted octanol–water partition coefficient (Wildman–Crippen LogP) is 1.26. The number of anilines is 1. The number of carbonyl (C=O) groups is 1. The molecular formula is C16H24N4O. The van der Waals surface area contributed by atoms with E-state index in [4.69, 9.17) is 0 Å². The normalized spacial score (nSPS) is 23.7. The van der Waals surface area contributed by atoms with Crippen molar-refractivity contribution in [1.82, 2.24) is 15.2 Å². The number of nitrogens with one attached hydrogen (secondary N) is 1. The number of piperazine rings is 1. The average Bonchev–Trinajstić information content (AvgIpc) is 2.84. The van der Waals surface area contributed by atoms with Crippen LogP contribution in [0.2, 0.25) is 0 Å². The maximum absolute atomic E-state index is 12.6. The Labute approximate surface area is 126 Å². The van der Waals surface area contributed by atoms with Gasteiger partial charge in [0.25, 0.3) is 0 Å². The van der Waals surface area contributed by atoms with Gasteiger partial charge in [-0.3, -0.25) is 4.79 Å². The monoisotopic (exact) mass is 288 g/mol. The van der Waals surface area contributed by atoms with Crippen molar-refractivity contribution in [1.29, 1.82) is 0 Å². The number of carbonyl (C=O) groups excluding carboxylic acids is 1. The van der Waals surface area contributed by atoms with E-state index < -0.39 is 0 Å². The molecule has 1 aromatic rings. The van der Waals surface area contributed by atoms with Gasteiger partial charge in [-0.15, -0.1) is 0 Å². The molecule has 0 radical (unpaired) electrons. The summed E-state index contributed by atoms with van der Waals surface area (Å²) in [7, 11) is 0. The summed E-state index contributed by atoms with van der Waals surface area (Å²) in [5.74, 6) is 1.30. The highest BCUT2D eigenvalue weighted by Gasteiger charge is 2.27. The standard InChI is InChI=1S/C16H24N4O/c21-16(14-6-2-1-4-8-17-14)20-12-10-19(11-13-20)15-7-3-5-9-18-15/h3,5,7,9,14,17H,1-2,4,6,8,10-13H2. The summed E-state index contributed by atoms with van der Waals surface area (Å²) in [6.45, 7) is 4.32. The van der Waals surface area contributed by atoms with E-state index in [1.807, 2.05) is 29.3 Å².